The fraction of sp³-hybridized carbons (Fsp3) is 0.500. The molecule has 1 aromatic rings. The Morgan fingerprint density at radius 2 is 2.10 bits per heavy atom. The van der Waals surface area contributed by atoms with Gasteiger partial charge in [0.1, 0.15) is 5.69 Å². The number of carbonyl (C=O) groups is 2. The fourth-order valence-corrected chi connectivity index (χ4v) is 2.41. The lowest BCUT2D eigenvalue weighted by atomic mass is 9.96. The minimum absolute atomic E-state index is 0.0171. The number of anilines is 1. The smallest absolute Gasteiger partial charge is 0.308 e. The van der Waals surface area contributed by atoms with Crippen LogP contribution in [0.5, 0.6) is 0 Å². The number of nitrogens with zero attached hydrogens (tertiary/aromatic N) is 2. The summed E-state index contributed by atoms with van der Waals surface area (Å²) in [7, 11) is 3.01. The van der Waals surface area contributed by atoms with E-state index in [1.807, 2.05) is 6.07 Å². The fourth-order valence-electron chi connectivity index (χ4n) is 2.41. The normalized spacial score (nSPS) is 15.8. The second kappa shape index (κ2) is 6.36. The van der Waals surface area contributed by atoms with E-state index in [2.05, 4.69) is 15.2 Å². The predicted molar refractivity (Wildman–Crippen MR) is 74.6 cm³/mol. The maximum Gasteiger partial charge on any atom is 0.308 e. The van der Waals surface area contributed by atoms with Crippen LogP contribution in [0.15, 0.2) is 18.3 Å². The first-order valence-corrected chi connectivity index (χ1v) is 6.66. The molecule has 0 spiro atoms. The molecule has 1 aromatic heterocycles. The molecule has 0 aromatic carbocycles. The van der Waals surface area contributed by atoms with Gasteiger partial charge in [-0.3, -0.25) is 14.6 Å². The summed E-state index contributed by atoms with van der Waals surface area (Å²) in [5, 5.41) is 2.56. The van der Waals surface area contributed by atoms with Crippen molar-refractivity contribution in [1.29, 1.82) is 0 Å². The van der Waals surface area contributed by atoms with Crippen molar-refractivity contribution in [3.05, 3.63) is 24.0 Å². The molecule has 0 unspecified atom stereocenters. The van der Waals surface area contributed by atoms with Crippen LogP contribution in [0.25, 0.3) is 0 Å². The molecule has 1 aliphatic heterocycles. The van der Waals surface area contributed by atoms with Gasteiger partial charge in [0.25, 0.3) is 5.91 Å². The Hall–Kier alpha value is -2.11. The van der Waals surface area contributed by atoms with Gasteiger partial charge in [-0.2, -0.15) is 0 Å². The topological polar surface area (TPSA) is 71.5 Å². The van der Waals surface area contributed by atoms with E-state index in [-0.39, 0.29) is 17.8 Å². The molecule has 1 aliphatic rings. The maximum absolute atomic E-state index is 11.6. The Morgan fingerprint density at radius 3 is 2.70 bits per heavy atom. The van der Waals surface area contributed by atoms with E-state index in [4.69, 9.17) is 4.74 Å². The molecule has 1 saturated heterocycles. The van der Waals surface area contributed by atoms with Gasteiger partial charge in [0.05, 0.1) is 13.0 Å². The molecule has 0 radical (unpaired) electrons. The van der Waals surface area contributed by atoms with Crippen molar-refractivity contribution in [3.8, 4) is 0 Å². The number of hydrogen-bond acceptors (Lipinski definition) is 5. The van der Waals surface area contributed by atoms with Gasteiger partial charge in [-0.25, -0.2) is 0 Å². The van der Waals surface area contributed by atoms with E-state index in [9.17, 15) is 9.59 Å². The summed E-state index contributed by atoms with van der Waals surface area (Å²) in [6.07, 6.45) is 3.17. The third-order valence-corrected chi connectivity index (χ3v) is 3.60. The van der Waals surface area contributed by atoms with Crippen LogP contribution in [0.2, 0.25) is 0 Å². The van der Waals surface area contributed by atoms with Crippen molar-refractivity contribution >= 4 is 17.6 Å². The minimum atomic E-state index is -0.198. The van der Waals surface area contributed by atoms with E-state index in [1.54, 1.807) is 19.3 Å². The molecular formula is C14H19N3O3. The molecule has 6 nitrogen and oxygen atoms in total. The maximum atomic E-state index is 11.6. The zero-order chi connectivity index (χ0) is 14.5. The lowest BCUT2D eigenvalue weighted by molar-refractivity contribution is -0.146. The molecule has 2 rings (SSSR count). The third kappa shape index (κ3) is 3.07. The van der Waals surface area contributed by atoms with Crippen molar-refractivity contribution in [2.24, 2.45) is 5.92 Å². The molecule has 20 heavy (non-hydrogen) atoms. The van der Waals surface area contributed by atoms with Crippen LogP contribution in [0.1, 0.15) is 23.3 Å². The summed E-state index contributed by atoms with van der Waals surface area (Å²) in [5.74, 6) is -0.349. The van der Waals surface area contributed by atoms with Gasteiger partial charge < -0.3 is 15.0 Å². The number of rotatable bonds is 3. The number of aromatic nitrogens is 1. The Bertz CT molecular complexity index is 496. The van der Waals surface area contributed by atoms with E-state index in [1.165, 1.54) is 7.11 Å². The third-order valence-electron chi connectivity index (χ3n) is 3.60. The second-order valence-electron chi connectivity index (χ2n) is 4.76. The SMILES string of the molecule is CNC(=O)c1cc(N2CCC(C(=O)OC)CC2)ccn1. The highest BCUT2D eigenvalue weighted by Gasteiger charge is 2.25. The van der Waals surface area contributed by atoms with Crippen LogP contribution in [0.3, 0.4) is 0 Å². The standard InChI is InChI=1S/C14H19N3O3/c1-15-13(18)12-9-11(3-6-16-12)17-7-4-10(5-8-17)14(19)20-2/h3,6,9-10H,4-5,7-8H2,1-2H3,(H,15,18). The van der Waals surface area contributed by atoms with E-state index in [0.29, 0.717) is 5.69 Å². The summed E-state index contributed by atoms with van der Waals surface area (Å²) < 4.78 is 4.78. The number of pyridine rings is 1. The van der Waals surface area contributed by atoms with Crippen LogP contribution in [-0.4, -0.2) is 44.1 Å². The van der Waals surface area contributed by atoms with Gasteiger partial charge in [0, 0.05) is 32.0 Å². The van der Waals surface area contributed by atoms with E-state index in [0.717, 1.165) is 31.6 Å². The number of ether oxygens (including phenoxy) is 1. The van der Waals surface area contributed by atoms with Crippen LogP contribution >= 0.6 is 0 Å². The van der Waals surface area contributed by atoms with Gasteiger partial charge in [-0.15, -0.1) is 0 Å². The van der Waals surface area contributed by atoms with Gasteiger partial charge in [-0.1, -0.05) is 0 Å². The van der Waals surface area contributed by atoms with Crippen molar-refractivity contribution in [2.45, 2.75) is 12.8 Å². The van der Waals surface area contributed by atoms with E-state index >= 15 is 0 Å². The summed E-state index contributed by atoms with van der Waals surface area (Å²) in [6.45, 7) is 1.55. The lowest BCUT2D eigenvalue weighted by Crippen LogP contribution is -2.36. The Morgan fingerprint density at radius 1 is 1.40 bits per heavy atom. The lowest BCUT2D eigenvalue weighted by Gasteiger charge is -2.32. The molecular weight excluding hydrogens is 258 g/mol. The number of amides is 1. The predicted octanol–water partition coefficient (Wildman–Crippen LogP) is 0.831. The van der Waals surface area contributed by atoms with Gasteiger partial charge in [0.2, 0.25) is 0 Å². The van der Waals surface area contributed by atoms with Crippen molar-refractivity contribution in [3.63, 3.8) is 0 Å². The highest BCUT2D eigenvalue weighted by atomic mass is 16.5. The molecule has 0 bridgehead atoms. The first kappa shape index (κ1) is 14.3. The molecule has 6 heteroatoms. The molecule has 108 valence electrons. The van der Waals surface area contributed by atoms with Crippen LogP contribution < -0.4 is 10.2 Å². The number of esters is 1. The summed E-state index contributed by atoms with van der Waals surface area (Å²) in [6, 6.07) is 3.65. The Labute approximate surface area is 118 Å². The minimum Gasteiger partial charge on any atom is -0.469 e. The summed E-state index contributed by atoms with van der Waals surface area (Å²) in [5.41, 5.74) is 1.36. The van der Waals surface area contributed by atoms with Crippen LogP contribution in [-0.2, 0) is 9.53 Å². The number of piperidine rings is 1. The van der Waals surface area contributed by atoms with Crippen LogP contribution in [0.4, 0.5) is 5.69 Å². The first-order valence-electron chi connectivity index (χ1n) is 6.66. The monoisotopic (exact) mass is 277 g/mol. The quantitative estimate of drug-likeness (QED) is 0.829. The average Bonchev–Trinajstić information content (AvgIpc) is 2.53. The zero-order valence-electron chi connectivity index (χ0n) is 11.8. The molecule has 1 fully saturated rings. The first-order chi connectivity index (χ1) is 9.65. The number of nitrogens with one attached hydrogen (secondary N) is 1. The molecule has 0 atom stereocenters. The van der Waals surface area contributed by atoms with Gasteiger partial charge in [-0.05, 0) is 25.0 Å². The summed E-state index contributed by atoms with van der Waals surface area (Å²) in [4.78, 5) is 29.3. The number of methoxy groups -OCH3 is 1. The highest BCUT2D eigenvalue weighted by molar-refractivity contribution is 5.92. The summed E-state index contributed by atoms with van der Waals surface area (Å²) >= 11 is 0. The van der Waals surface area contributed by atoms with Crippen LogP contribution in [0, 0.1) is 5.92 Å². The van der Waals surface area contributed by atoms with Crippen molar-refractivity contribution < 1.29 is 14.3 Å². The van der Waals surface area contributed by atoms with E-state index < -0.39 is 0 Å². The van der Waals surface area contributed by atoms with Crippen molar-refractivity contribution in [2.75, 3.05) is 32.1 Å². The number of hydrogen-bond donors (Lipinski definition) is 1. The van der Waals surface area contributed by atoms with Gasteiger partial charge in [0.15, 0.2) is 0 Å². The molecule has 0 saturated carbocycles. The second-order valence-corrected chi connectivity index (χ2v) is 4.76. The molecule has 0 aliphatic carbocycles. The van der Waals surface area contributed by atoms with Crippen molar-refractivity contribution in [1.82, 2.24) is 10.3 Å². The molecule has 1 amide bonds. The average molecular weight is 277 g/mol. The molecule has 2 heterocycles. The zero-order valence-corrected chi connectivity index (χ0v) is 11.8. The Balaban J connectivity index is 2.03. The molecule has 1 N–H and O–H groups in total. The number of carbonyl (C=O) groups excluding carboxylic acids is 2. The highest BCUT2D eigenvalue weighted by Crippen LogP contribution is 2.24. The van der Waals surface area contributed by atoms with Gasteiger partial charge >= 0.3 is 5.97 Å². The Kier molecular flexibility index (Phi) is 4.55. The largest absolute Gasteiger partial charge is 0.469 e.